The van der Waals surface area contributed by atoms with Gasteiger partial charge in [0.2, 0.25) is 5.88 Å². The van der Waals surface area contributed by atoms with Crippen LogP contribution in [0.2, 0.25) is 0 Å². The Morgan fingerprint density at radius 2 is 2.58 bits per heavy atom. The van der Waals surface area contributed by atoms with Gasteiger partial charge in [-0.05, 0) is 13.0 Å². The first-order valence-corrected chi connectivity index (χ1v) is 3.73. The number of ether oxygens (including phenoxy) is 1. The molecule has 0 atom stereocenters. The predicted molar refractivity (Wildman–Crippen MR) is 42.5 cm³/mol. The van der Waals surface area contributed by atoms with Crippen LogP contribution in [0, 0.1) is 0 Å². The fourth-order valence-corrected chi connectivity index (χ4v) is 0.720. The molecule has 1 rings (SSSR count). The highest BCUT2D eigenvalue weighted by molar-refractivity contribution is 5.71. The van der Waals surface area contributed by atoms with Crippen molar-refractivity contribution in [1.29, 1.82) is 0 Å². The van der Waals surface area contributed by atoms with E-state index in [4.69, 9.17) is 10.5 Å². The molecule has 5 heteroatoms. The van der Waals surface area contributed by atoms with Crippen molar-refractivity contribution < 1.29 is 9.53 Å². The van der Waals surface area contributed by atoms with Gasteiger partial charge < -0.3 is 10.5 Å². The Labute approximate surface area is 69.9 Å². The molecule has 1 aromatic rings. The normalized spacial score (nSPS) is 9.75. The van der Waals surface area contributed by atoms with Gasteiger partial charge in [-0.15, -0.1) is 0 Å². The van der Waals surface area contributed by atoms with E-state index in [0.29, 0.717) is 25.3 Å². The summed E-state index contributed by atoms with van der Waals surface area (Å²) in [5.74, 6) is 0.0849. The minimum Gasteiger partial charge on any atom is -0.408 e. The van der Waals surface area contributed by atoms with E-state index < -0.39 is 0 Å². The summed E-state index contributed by atoms with van der Waals surface area (Å²) in [6, 6.07) is 1.58. The second-order valence-electron chi connectivity index (χ2n) is 2.29. The molecule has 66 valence electrons. The highest BCUT2D eigenvalue weighted by Gasteiger charge is 2.03. The third-order valence-electron chi connectivity index (χ3n) is 1.28. The number of aromatic nitrogens is 2. The van der Waals surface area contributed by atoms with Gasteiger partial charge in [0.15, 0.2) is 0 Å². The van der Waals surface area contributed by atoms with E-state index in [1.54, 1.807) is 6.07 Å². The molecule has 0 radical (unpaired) electrons. The van der Waals surface area contributed by atoms with Gasteiger partial charge in [0.1, 0.15) is 0 Å². The topological polar surface area (TPSA) is 81.0 Å². The summed E-state index contributed by atoms with van der Waals surface area (Å²) in [5, 5.41) is 6.15. The third-order valence-corrected chi connectivity index (χ3v) is 1.28. The maximum absolute atomic E-state index is 10.9. The number of H-pyrrole nitrogens is 1. The molecule has 3 N–H and O–H groups in total. The lowest BCUT2D eigenvalue weighted by molar-refractivity contribution is -0.134. The molecule has 0 aliphatic heterocycles. The molecule has 0 aliphatic carbocycles. The number of nitrogens with zero attached hydrogens (tertiary/aromatic N) is 1. The Morgan fingerprint density at radius 1 is 1.75 bits per heavy atom. The Hall–Kier alpha value is -1.36. The zero-order valence-corrected chi connectivity index (χ0v) is 6.62. The average molecular weight is 169 g/mol. The van der Waals surface area contributed by atoms with E-state index >= 15 is 0 Å². The minimum atomic E-state index is -0.287. The van der Waals surface area contributed by atoms with Crippen LogP contribution in [-0.2, 0) is 4.79 Å². The number of nitrogens with one attached hydrogen (secondary N) is 1. The highest BCUT2D eigenvalue weighted by atomic mass is 16.5. The van der Waals surface area contributed by atoms with E-state index in [0.717, 1.165) is 0 Å². The summed E-state index contributed by atoms with van der Waals surface area (Å²) in [6.07, 6.45) is 2.51. The van der Waals surface area contributed by atoms with Crippen molar-refractivity contribution in [3.8, 4) is 5.88 Å². The average Bonchev–Trinajstić information content (AvgIpc) is 2.53. The quantitative estimate of drug-likeness (QED) is 0.624. The van der Waals surface area contributed by atoms with Crippen LogP contribution in [0.25, 0.3) is 0 Å². The van der Waals surface area contributed by atoms with Crippen LogP contribution in [-0.4, -0.2) is 22.7 Å². The van der Waals surface area contributed by atoms with Gasteiger partial charge >= 0.3 is 5.97 Å². The van der Waals surface area contributed by atoms with Crippen molar-refractivity contribution in [2.75, 3.05) is 6.54 Å². The number of hydrogen-bond donors (Lipinski definition) is 2. The van der Waals surface area contributed by atoms with E-state index in [1.165, 1.54) is 6.20 Å². The molecule has 0 fully saturated rings. The van der Waals surface area contributed by atoms with Crippen molar-refractivity contribution in [1.82, 2.24) is 10.2 Å². The first-order chi connectivity index (χ1) is 5.83. The predicted octanol–water partition coefficient (Wildman–Crippen LogP) is 0.0540. The first kappa shape index (κ1) is 8.73. The van der Waals surface area contributed by atoms with Crippen LogP contribution in [0.4, 0.5) is 0 Å². The first-order valence-electron chi connectivity index (χ1n) is 3.73. The molecule has 0 bridgehead atoms. The van der Waals surface area contributed by atoms with E-state index in [9.17, 15) is 4.79 Å². The highest BCUT2D eigenvalue weighted by Crippen LogP contribution is 2.03. The number of hydrogen-bond acceptors (Lipinski definition) is 4. The van der Waals surface area contributed by atoms with E-state index in [-0.39, 0.29) is 5.97 Å². The molecule has 0 aromatic carbocycles. The monoisotopic (exact) mass is 169 g/mol. The molecule has 0 saturated heterocycles. The van der Waals surface area contributed by atoms with Crippen LogP contribution >= 0.6 is 0 Å². The molecule has 1 aromatic heterocycles. The van der Waals surface area contributed by atoms with Crippen molar-refractivity contribution in [3.05, 3.63) is 12.3 Å². The fourth-order valence-electron chi connectivity index (χ4n) is 0.720. The van der Waals surface area contributed by atoms with Gasteiger partial charge in [0.25, 0.3) is 0 Å². The molecule has 0 saturated carbocycles. The summed E-state index contributed by atoms with van der Waals surface area (Å²) in [7, 11) is 0. The van der Waals surface area contributed by atoms with Crippen molar-refractivity contribution in [2.45, 2.75) is 12.8 Å². The number of nitrogens with two attached hydrogens (primary N) is 1. The van der Waals surface area contributed by atoms with Gasteiger partial charge in [-0.25, -0.2) is 5.10 Å². The molecule has 12 heavy (non-hydrogen) atoms. The lowest BCUT2D eigenvalue weighted by Gasteiger charge is -1.98. The number of carbonyl (C=O) groups excluding carboxylic acids is 1. The Bertz CT molecular complexity index is 233. The minimum absolute atomic E-state index is 0.287. The zero-order chi connectivity index (χ0) is 8.81. The number of carbonyl (C=O) groups is 1. The van der Waals surface area contributed by atoms with E-state index in [1.807, 2.05) is 0 Å². The van der Waals surface area contributed by atoms with E-state index in [2.05, 4.69) is 10.2 Å². The summed E-state index contributed by atoms with van der Waals surface area (Å²) >= 11 is 0. The van der Waals surface area contributed by atoms with Crippen molar-refractivity contribution in [2.24, 2.45) is 5.73 Å². The second kappa shape index (κ2) is 4.50. The number of aromatic amines is 1. The summed E-state index contributed by atoms with van der Waals surface area (Å²) in [4.78, 5) is 10.9. The van der Waals surface area contributed by atoms with Crippen LogP contribution in [0.3, 0.4) is 0 Å². The second-order valence-corrected chi connectivity index (χ2v) is 2.29. The van der Waals surface area contributed by atoms with Gasteiger partial charge in [-0.1, -0.05) is 0 Å². The SMILES string of the molecule is NCCCC(=O)Oc1ccn[nH]1. The Balaban J connectivity index is 2.27. The molecule has 1 heterocycles. The summed E-state index contributed by atoms with van der Waals surface area (Å²) in [6.45, 7) is 0.498. The molecular formula is C7H11N3O2. The standard InChI is InChI=1S/C7H11N3O2/c8-4-1-2-7(11)12-6-3-5-9-10-6/h3,5H,1-2,4,8H2,(H,9,10). The Kier molecular flexibility index (Phi) is 3.28. The van der Waals surface area contributed by atoms with Crippen LogP contribution in [0.5, 0.6) is 5.88 Å². The molecule has 0 unspecified atom stereocenters. The van der Waals surface area contributed by atoms with Crippen LogP contribution < -0.4 is 10.5 Å². The van der Waals surface area contributed by atoms with Crippen LogP contribution in [0.1, 0.15) is 12.8 Å². The molecule has 0 spiro atoms. The molecular weight excluding hydrogens is 158 g/mol. The molecule has 5 nitrogen and oxygen atoms in total. The zero-order valence-electron chi connectivity index (χ0n) is 6.62. The molecule has 0 amide bonds. The largest absolute Gasteiger partial charge is 0.408 e. The van der Waals surface area contributed by atoms with Gasteiger partial charge in [-0.2, -0.15) is 5.10 Å². The summed E-state index contributed by atoms with van der Waals surface area (Å²) < 4.78 is 4.84. The van der Waals surface area contributed by atoms with Crippen molar-refractivity contribution >= 4 is 5.97 Å². The van der Waals surface area contributed by atoms with Gasteiger partial charge in [-0.3, -0.25) is 4.79 Å². The maximum atomic E-state index is 10.9. The van der Waals surface area contributed by atoms with Crippen molar-refractivity contribution in [3.63, 3.8) is 0 Å². The lowest BCUT2D eigenvalue weighted by atomic mass is 10.3. The maximum Gasteiger partial charge on any atom is 0.312 e. The smallest absolute Gasteiger partial charge is 0.312 e. The van der Waals surface area contributed by atoms with Gasteiger partial charge in [0, 0.05) is 12.5 Å². The van der Waals surface area contributed by atoms with Gasteiger partial charge in [0.05, 0.1) is 6.20 Å². The molecule has 0 aliphatic rings. The number of esters is 1. The number of rotatable bonds is 4. The lowest BCUT2D eigenvalue weighted by Crippen LogP contribution is -2.10. The fraction of sp³-hybridized carbons (Fsp3) is 0.429. The third kappa shape index (κ3) is 2.71. The summed E-state index contributed by atoms with van der Waals surface area (Å²) in [5.41, 5.74) is 5.22. The van der Waals surface area contributed by atoms with Crippen LogP contribution in [0.15, 0.2) is 12.3 Å². The Morgan fingerprint density at radius 3 is 3.17 bits per heavy atom.